The Hall–Kier alpha value is -2.17. The van der Waals surface area contributed by atoms with Gasteiger partial charge in [-0.3, -0.25) is 4.84 Å². The largest absolute Gasteiger partial charge is 0.463 e. The van der Waals surface area contributed by atoms with Crippen molar-refractivity contribution in [2.24, 2.45) is 5.90 Å². The van der Waals surface area contributed by atoms with Crippen LogP contribution in [-0.2, 0) is 14.4 Å². The molecule has 0 spiro atoms. The van der Waals surface area contributed by atoms with E-state index < -0.39 is 12.1 Å². The highest BCUT2D eigenvalue weighted by molar-refractivity contribution is 5.89. The number of fused-ring (bicyclic) bond motifs is 1. The number of rotatable bonds is 6. The zero-order chi connectivity index (χ0) is 15.2. The van der Waals surface area contributed by atoms with E-state index >= 15 is 0 Å². The highest BCUT2D eigenvalue weighted by Gasteiger charge is 2.19. The summed E-state index contributed by atoms with van der Waals surface area (Å²) in [5.41, 5.74) is 1.28. The van der Waals surface area contributed by atoms with E-state index in [1.807, 2.05) is 42.5 Å². The van der Waals surface area contributed by atoms with Gasteiger partial charge in [-0.05, 0) is 23.3 Å². The summed E-state index contributed by atoms with van der Waals surface area (Å²) in [5, 5.41) is 2.14. The van der Waals surface area contributed by atoms with Crippen molar-refractivity contribution in [3.63, 3.8) is 0 Å². The summed E-state index contributed by atoms with van der Waals surface area (Å²) < 4.78 is 4.94. The van der Waals surface area contributed by atoms with E-state index in [-0.39, 0.29) is 0 Å². The molecule has 4 nitrogen and oxygen atoms in total. The molecule has 0 saturated heterocycles. The first kappa shape index (κ1) is 15.2. The monoisotopic (exact) mass is 285 g/mol. The van der Waals surface area contributed by atoms with Crippen LogP contribution in [-0.4, -0.2) is 12.6 Å². The molecule has 1 unspecified atom stereocenters. The van der Waals surface area contributed by atoms with E-state index in [0.29, 0.717) is 18.6 Å². The molecule has 0 aliphatic carbocycles. The average molecular weight is 285 g/mol. The molecule has 0 amide bonds. The summed E-state index contributed by atoms with van der Waals surface area (Å²) in [5.74, 6) is 5.01. The topological polar surface area (TPSA) is 61.5 Å². The zero-order valence-corrected chi connectivity index (χ0v) is 12.0. The van der Waals surface area contributed by atoms with E-state index in [1.165, 1.54) is 0 Å². The van der Waals surface area contributed by atoms with Crippen LogP contribution in [0.5, 0.6) is 0 Å². The third-order valence-corrected chi connectivity index (χ3v) is 3.33. The molecule has 0 aliphatic rings. The molecule has 2 aromatic rings. The Bertz CT molecular complexity index is 646. The van der Waals surface area contributed by atoms with E-state index in [2.05, 4.69) is 6.58 Å². The van der Waals surface area contributed by atoms with Crippen LogP contribution < -0.4 is 5.90 Å². The minimum absolute atomic E-state index is 0.295. The van der Waals surface area contributed by atoms with Gasteiger partial charge < -0.3 is 4.74 Å². The Morgan fingerprint density at radius 2 is 1.95 bits per heavy atom. The first-order valence-corrected chi connectivity index (χ1v) is 6.85. The minimum atomic E-state index is -0.437. The SMILES string of the molecule is C=C(CC(ON)c1cccc2ccccc12)C(=O)OCC. The molecule has 2 N–H and O–H groups in total. The first-order valence-electron chi connectivity index (χ1n) is 6.85. The van der Waals surface area contributed by atoms with Gasteiger partial charge in [0.25, 0.3) is 0 Å². The fourth-order valence-electron chi connectivity index (χ4n) is 2.30. The standard InChI is InChI=1S/C17H19NO3/c1-3-20-17(19)12(2)11-16(21-18)15-10-6-8-13-7-4-5-9-14(13)15/h4-10,16H,2-3,11,18H2,1H3. The van der Waals surface area contributed by atoms with Gasteiger partial charge in [0.2, 0.25) is 0 Å². The Morgan fingerprint density at radius 3 is 2.67 bits per heavy atom. The molecule has 0 bridgehead atoms. The Morgan fingerprint density at radius 1 is 1.24 bits per heavy atom. The number of carbonyl (C=O) groups excluding carboxylic acids is 1. The van der Waals surface area contributed by atoms with Crippen LogP contribution in [0.2, 0.25) is 0 Å². The van der Waals surface area contributed by atoms with Crippen LogP contribution in [0.3, 0.4) is 0 Å². The quantitative estimate of drug-likeness (QED) is 0.502. The lowest BCUT2D eigenvalue weighted by molar-refractivity contribution is -0.139. The number of hydrogen-bond acceptors (Lipinski definition) is 4. The molecule has 2 aromatic carbocycles. The van der Waals surface area contributed by atoms with E-state index in [9.17, 15) is 4.79 Å². The van der Waals surface area contributed by atoms with Crippen LogP contribution in [0.15, 0.2) is 54.6 Å². The van der Waals surface area contributed by atoms with Crippen LogP contribution >= 0.6 is 0 Å². The second-order valence-corrected chi connectivity index (χ2v) is 4.72. The van der Waals surface area contributed by atoms with Gasteiger partial charge in [-0.1, -0.05) is 49.0 Å². The third kappa shape index (κ3) is 3.48. The van der Waals surface area contributed by atoms with Crippen LogP contribution in [0.4, 0.5) is 0 Å². The summed E-state index contributed by atoms with van der Waals surface area (Å²) in [4.78, 5) is 16.7. The van der Waals surface area contributed by atoms with Gasteiger partial charge >= 0.3 is 5.97 Å². The number of esters is 1. The summed E-state index contributed by atoms with van der Waals surface area (Å²) in [6.45, 7) is 5.83. The molecule has 0 fully saturated rings. The van der Waals surface area contributed by atoms with Gasteiger partial charge in [0, 0.05) is 12.0 Å². The van der Waals surface area contributed by atoms with Crippen LogP contribution in [0, 0.1) is 0 Å². The fraction of sp³-hybridized carbons (Fsp3) is 0.235. The average Bonchev–Trinajstić information content (AvgIpc) is 2.52. The van der Waals surface area contributed by atoms with Crippen molar-refractivity contribution in [2.75, 3.05) is 6.61 Å². The number of ether oxygens (including phenoxy) is 1. The van der Waals surface area contributed by atoms with Gasteiger partial charge in [-0.15, -0.1) is 0 Å². The predicted octanol–water partition coefficient (Wildman–Crippen LogP) is 3.28. The third-order valence-electron chi connectivity index (χ3n) is 3.33. The molecule has 21 heavy (non-hydrogen) atoms. The first-order chi connectivity index (χ1) is 10.2. The van der Waals surface area contributed by atoms with Crippen LogP contribution in [0.25, 0.3) is 10.8 Å². The zero-order valence-electron chi connectivity index (χ0n) is 12.0. The maximum absolute atomic E-state index is 11.7. The van der Waals surface area contributed by atoms with Crippen molar-refractivity contribution in [1.29, 1.82) is 0 Å². The van der Waals surface area contributed by atoms with Gasteiger partial charge in [0.15, 0.2) is 0 Å². The van der Waals surface area contributed by atoms with Crippen LogP contribution in [0.1, 0.15) is 25.0 Å². The lowest BCUT2D eigenvalue weighted by Gasteiger charge is -2.17. The molecule has 0 radical (unpaired) electrons. The van der Waals surface area contributed by atoms with Crippen molar-refractivity contribution in [3.8, 4) is 0 Å². The molecule has 2 rings (SSSR count). The second-order valence-electron chi connectivity index (χ2n) is 4.72. The van der Waals surface area contributed by atoms with E-state index in [1.54, 1.807) is 6.92 Å². The number of hydrogen-bond donors (Lipinski definition) is 1. The normalized spacial score (nSPS) is 12.1. The van der Waals surface area contributed by atoms with E-state index in [4.69, 9.17) is 15.5 Å². The molecule has 1 atom stereocenters. The molecular formula is C17H19NO3. The summed E-state index contributed by atoms with van der Waals surface area (Å²) >= 11 is 0. The van der Waals surface area contributed by atoms with Gasteiger partial charge in [-0.25, -0.2) is 10.7 Å². The van der Waals surface area contributed by atoms with Crippen molar-refractivity contribution in [2.45, 2.75) is 19.4 Å². The van der Waals surface area contributed by atoms with Crippen molar-refractivity contribution >= 4 is 16.7 Å². The van der Waals surface area contributed by atoms with Gasteiger partial charge in [0.1, 0.15) is 6.10 Å². The highest BCUT2D eigenvalue weighted by atomic mass is 16.6. The Balaban J connectivity index is 2.28. The maximum Gasteiger partial charge on any atom is 0.333 e. The fourth-order valence-corrected chi connectivity index (χ4v) is 2.30. The number of carbonyl (C=O) groups is 1. The number of nitrogens with two attached hydrogens (primary N) is 1. The number of benzene rings is 2. The highest BCUT2D eigenvalue weighted by Crippen LogP contribution is 2.30. The summed E-state index contributed by atoms with van der Waals surface area (Å²) in [6.07, 6.45) is -0.142. The lowest BCUT2D eigenvalue weighted by atomic mass is 9.96. The van der Waals surface area contributed by atoms with Crippen molar-refractivity contribution < 1.29 is 14.4 Å². The molecule has 110 valence electrons. The molecular weight excluding hydrogens is 266 g/mol. The van der Waals surface area contributed by atoms with E-state index in [0.717, 1.165) is 16.3 Å². The maximum atomic E-state index is 11.7. The van der Waals surface area contributed by atoms with Crippen molar-refractivity contribution in [1.82, 2.24) is 0 Å². The summed E-state index contributed by atoms with van der Waals surface area (Å²) in [6, 6.07) is 13.9. The molecule has 0 heterocycles. The van der Waals surface area contributed by atoms with Gasteiger partial charge in [-0.2, -0.15) is 0 Å². The molecule has 4 heteroatoms. The summed E-state index contributed by atoms with van der Waals surface area (Å²) in [7, 11) is 0. The Kier molecular flexibility index (Phi) is 5.09. The Labute approximate surface area is 124 Å². The molecule has 0 aliphatic heterocycles. The second kappa shape index (κ2) is 7.02. The molecule has 0 aromatic heterocycles. The van der Waals surface area contributed by atoms with Gasteiger partial charge in [0.05, 0.1) is 6.61 Å². The minimum Gasteiger partial charge on any atom is -0.463 e. The smallest absolute Gasteiger partial charge is 0.333 e. The predicted molar refractivity (Wildman–Crippen MR) is 82.4 cm³/mol. The lowest BCUT2D eigenvalue weighted by Crippen LogP contribution is -2.15. The molecule has 0 saturated carbocycles. The van der Waals surface area contributed by atoms with Crippen molar-refractivity contribution in [3.05, 3.63) is 60.2 Å².